The highest BCUT2D eigenvalue weighted by Crippen LogP contribution is 2.17. The summed E-state index contributed by atoms with van der Waals surface area (Å²) < 4.78 is 16.9. The van der Waals surface area contributed by atoms with Gasteiger partial charge in [0.1, 0.15) is 13.2 Å². The Morgan fingerprint density at radius 2 is 0.565 bits per heavy atom. The van der Waals surface area contributed by atoms with E-state index in [0.29, 0.717) is 19.3 Å². The van der Waals surface area contributed by atoms with Gasteiger partial charge in [0.05, 0.1) is 0 Å². The molecule has 0 aromatic heterocycles. The van der Waals surface area contributed by atoms with Crippen molar-refractivity contribution in [3.63, 3.8) is 0 Å². The summed E-state index contributed by atoms with van der Waals surface area (Å²) in [5.74, 6) is -0.907. The summed E-state index contributed by atoms with van der Waals surface area (Å²) in [5, 5.41) is 0. The van der Waals surface area contributed by atoms with Crippen molar-refractivity contribution in [2.75, 3.05) is 13.2 Å². The van der Waals surface area contributed by atoms with Crippen molar-refractivity contribution in [1.82, 2.24) is 0 Å². The Balaban J connectivity index is 4.36. The van der Waals surface area contributed by atoms with E-state index in [0.717, 1.165) is 77.0 Å². The molecule has 0 bridgehead atoms. The second-order valence-electron chi connectivity index (χ2n) is 20.2. The van der Waals surface area contributed by atoms with Crippen LogP contribution in [0.2, 0.25) is 0 Å². The van der Waals surface area contributed by atoms with E-state index in [9.17, 15) is 14.4 Å². The largest absolute Gasteiger partial charge is 0.462 e. The van der Waals surface area contributed by atoms with Gasteiger partial charge in [-0.15, -0.1) is 0 Å². The molecule has 0 aromatic rings. The van der Waals surface area contributed by atoms with Crippen LogP contribution in [0.1, 0.15) is 316 Å². The Morgan fingerprint density at radius 3 is 0.884 bits per heavy atom. The molecule has 0 radical (unpaired) electrons. The predicted molar refractivity (Wildman–Crippen MR) is 298 cm³/mol. The molecule has 0 saturated carbocycles. The van der Waals surface area contributed by atoms with Crippen molar-refractivity contribution in [3.05, 3.63) is 48.6 Å². The summed E-state index contributed by atoms with van der Waals surface area (Å²) >= 11 is 0. The molecule has 0 heterocycles. The fourth-order valence-electron chi connectivity index (χ4n) is 8.85. The molecular formula is C63H114O6. The lowest BCUT2D eigenvalue weighted by molar-refractivity contribution is -0.167. The Labute approximate surface area is 428 Å². The van der Waals surface area contributed by atoms with Crippen LogP contribution in [0.15, 0.2) is 48.6 Å². The van der Waals surface area contributed by atoms with E-state index in [2.05, 4.69) is 69.4 Å². The molecule has 0 saturated heterocycles. The zero-order chi connectivity index (χ0) is 50.0. The minimum atomic E-state index is -0.791. The maximum Gasteiger partial charge on any atom is 0.306 e. The molecule has 0 aliphatic heterocycles. The highest BCUT2D eigenvalue weighted by molar-refractivity contribution is 5.71. The van der Waals surface area contributed by atoms with Crippen molar-refractivity contribution in [1.29, 1.82) is 0 Å². The van der Waals surface area contributed by atoms with Gasteiger partial charge in [-0.2, -0.15) is 0 Å². The number of allylic oxidation sites excluding steroid dienone is 8. The molecule has 1 atom stereocenters. The summed E-state index contributed by atoms with van der Waals surface area (Å²) in [7, 11) is 0. The van der Waals surface area contributed by atoms with Crippen LogP contribution in [0.25, 0.3) is 0 Å². The topological polar surface area (TPSA) is 78.9 Å². The SMILES string of the molecule is CC/C=C\C/C=C\C/C=C\C/C=C\CCCCC(=O)OC(COC(=O)CCCCCCCCCCCCCCCCCCC)COC(=O)CCCCCCCCCCCCCCCCCCCCC. The fraction of sp³-hybridized carbons (Fsp3) is 0.825. The van der Waals surface area contributed by atoms with Crippen molar-refractivity contribution in [2.45, 2.75) is 322 Å². The average Bonchev–Trinajstić information content (AvgIpc) is 3.35. The molecule has 0 fully saturated rings. The number of carbonyl (C=O) groups is 3. The smallest absolute Gasteiger partial charge is 0.306 e. The van der Waals surface area contributed by atoms with Gasteiger partial charge in [-0.25, -0.2) is 0 Å². The summed E-state index contributed by atoms with van der Waals surface area (Å²) in [5.41, 5.74) is 0. The Bertz CT molecular complexity index is 1200. The van der Waals surface area contributed by atoms with Crippen LogP contribution >= 0.6 is 0 Å². The molecule has 402 valence electrons. The summed E-state index contributed by atoms with van der Waals surface area (Å²) in [6.45, 7) is 6.54. The molecule has 6 nitrogen and oxygen atoms in total. The van der Waals surface area contributed by atoms with Gasteiger partial charge >= 0.3 is 17.9 Å². The van der Waals surface area contributed by atoms with E-state index < -0.39 is 6.10 Å². The highest BCUT2D eigenvalue weighted by atomic mass is 16.6. The number of hydrogen-bond acceptors (Lipinski definition) is 6. The summed E-state index contributed by atoms with van der Waals surface area (Å²) in [6.07, 6.45) is 71.1. The molecule has 0 rings (SSSR count). The molecule has 0 N–H and O–H groups in total. The number of unbranched alkanes of at least 4 members (excludes halogenated alkanes) is 36. The first-order valence-corrected chi connectivity index (χ1v) is 30.1. The number of esters is 3. The first-order valence-electron chi connectivity index (χ1n) is 30.1. The van der Waals surface area contributed by atoms with Gasteiger partial charge in [-0.3, -0.25) is 14.4 Å². The molecule has 0 aliphatic rings. The minimum absolute atomic E-state index is 0.0853. The van der Waals surface area contributed by atoms with Gasteiger partial charge in [0.25, 0.3) is 0 Å². The van der Waals surface area contributed by atoms with E-state index in [1.807, 2.05) is 0 Å². The number of carbonyl (C=O) groups excluding carboxylic acids is 3. The summed E-state index contributed by atoms with van der Waals surface area (Å²) in [6, 6.07) is 0. The monoisotopic (exact) mass is 967 g/mol. The number of ether oxygens (including phenoxy) is 3. The minimum Gasteiger partial charge on any atom is -0.462 e. The van der Waals surface area contributed by atoms with Crippen LogP contribution in [-0.4, -0.2) is 37.2 Å². The molecule has 69 heavy (non-hydrogen) atoms. The van der Waals surface area contributed by atoms with E-state index in [4.69, 9.17) is 14.2 Å². The van der Waals surface area contributed by atoms with Crippen molar-refractivity contribution >= 4 is 17.9 Å². The number of hydrogen-bond donors (Lipinski definition) is 0. The van der Waals surface area contributed by atoms with E-state index in [-0.39, 0.29) is 37.5 Å². The third-order valence-electron chi connectivity index (χ3n) is 13.3. The molecule has 0 aromatic carbocycles. The van der Waals surface area contributed by atoms with Crippen molar-refractivity contribution in [2.24, 2.45) is 0 Å². The van der Waals surface area contributed by atoms with Crippen molar-refractivity contribution < 1.29 is 28.6 Å². The van der Waals surface area contributed by atoms with Crippen molar-refractivity contribution in [3.8, 4) is 0 Å². The first kappa shape index (κ1) is 66.4. The van der Waals surface area contributed by atoms with Crippen LogP contribution in [0.4, 0.5) is 0 Å². The maximum atomic E-state index is 12.8. The number of rotatable bonds is 55. The Morgan fingerprint density at radius 1 is 0.304 bits per heavy atom. The fourth-order valence-corrected chi connectivity index (χ4v) is 8.85. The Kier molecular flexibility index (Phi) is 55.7. The Hall–Kier alpha value is -2.63. The third kappa shape index (κ3) is 56.2. The summed E-state index contributed by atoms with van der Waals surface area (Å²) in [4.78, 5) is 38.2. The molecule has 0 aliphatic carbocycles. The first-order chi connectivity index (χ1) is 34.0. The quantitative estimate of drug-likeness (QED) is 0.0262. The van der Waals surface area contributed by atoms with Gasteiger partial charge in [-0.05, 0) is 57.8 Å². The van der Waals surface area contributed by atoms with Gasteiger partial charge in [-0.1, -0.05) is 288 Å². The lowest BCUT2D eigenvalue weighted by Crippen LogP contribution is -2.30. The van der Waals surface area contributed by atoms with Gasteiger partial charge in [0, 0.05) is 19.3 Å². The van der Waals surface area contributed by atoms with Gasteiger partial charge in [0.15, 0.2) is 6.10 Å². The molecular weight excluding hydrogens is 853 g/mol. The van der Waals surface area contributed by atoms with Crippen LogP contribution in [0.3, 0.4) is 0 Å². The zero-order valence-electron chi connectivity index (χ0n) is 46.1. The molecule has 0 amide bonds. The average molecular weight is 968 g/mol. The van der Waals surface area contributed by atoms with Gasteiger partial charge < -0.3 is 14.2 Å². The van der Waals surface area contributed by atoms with Crippen LogP contribution in [-0.2, 0) is 28.6 Å². The van der Waals surface area contributed by atoms with E-state index in [1.54, 1.807) is 0 Å². The maximum absolute atomic E-state index is 12.8. The third-order valence-corrected chi connectivity index (χ3v) is 13.3. The molecule has 0 spiro atoms. The van der Waals surface area contributed by atoms with Crippen LogP contribution in [0, 0.1) is 0 Å². The highest BCUT2D eigenvalue weighted by Gasteiger charge is 2.19. The zero-order valence-corrected chi connectivity index (χ0v) is 46.1. The van der Waals surface area contributed by atoms with Crippen LogP contribution < -0.4 is 0 Å². The lowest BCUT2D eigenvalue weighted by Gasteiger charge is -2.18. The molecule has 6 heteroatoms. The second kappa shape index (κ2) is 57.9. The van der Waals surface area contributed by atoms with E-state index in [1.165, 1.54) is 193 Å². The second-order valence-corrected chi connectivity index (χ2v) is 20.2. The van der Waals surface area contributed by atoms with Gasteiger partial charge in [0.2, 0.25) is 0 Å². The van der Waals surface area contributed by atoms with Crippen LogP contribution in [0.5, 0.6) is 0 Å². The standard InChI is InChI=1S/C63H114O6/c1-4-7-10-13-16-19-22-25-28-30-31-33-36-38-41-44-47-50-53-56-62(65)68-59-60(69-63(66)57-54-51-48-45-42-39-34-27-24-21-18-15-12-9-6-3)58-67-61(64)55-52-49-46-43-40-37-35-32-29-26-23-20-17-14-11-8-5-2/h9,12,18,21,27,34,42,45,60H,4-8,10-11,13-17,19-20,22-26,28-33,35-41,43-44,46-59H2,1-3H3/b12-9-,21-18-,34-27-,45-42-. The van der Waals surface area contributed by atoms with E-state index >= 15 is 0 Å². The normalized spacial score (nSPS) is 12.3. The predicted octanol–water partition coefficient (Wildman–Crippen LogP) is 20.2. The lowest BCUT2D eigenvalue weighted by atomic mass is 10.0. The molecule has 1 unspecified atom stereocenters.